The average molecular weight is 471 g/mol. The van der Waals surface area contributed by atoms with E-state index in [1.165, 1.54) is 30.3 Å². The first-order valence-corrected chi connectivity index (χ1v) is 11.1. The van der Waals surface area contributed by atoms with Crippen LogP contribution in [-0.4, -0.2) is 23.4 Å². The molecule has 0 fully saturated rings. The Kier molecular flexibility index (Phi) is 5.61. The van der Waals surface area contributed by atoms with E-state index in [0.29, 0.717) is 16.9 Å². The predicted octanol–water partition coefficient (Wildman–Crippen LogP) is 5.95. The van der Waals surface area contributed by atoms with E-state index in [9.17, 15) is 14.0 Å². The van der Waals surface area contributed by atoms with Crippen LogP contribution in [0.15, 0.2) is 66.6 Å². The zero-order valence-electron chi connectivity index (χ0n) is 19.4. The van der Waals surface area contributed by atoms with Crippen molar-refractivity contribution in [3.8, 4) is 17.2 Å². The van der Waals surface area contributed by atoms with Crippen LogP contribution in [0.3, 0.4) is 0 Å². The van der Waals surface area contributed by atoms with E-state index in [0.717, 1.165) is 28.8 Å². The molecule has 2 heterocycles. The number of allylic oxidation sites excluding steroid dienone is 1. The summed E-state index contributed by atoms with van der Waals surface area (Å²) in [5.74, 6) is 0.137. The van der Waals surface area contributed by atoms with Gasteiger partial charge in [0.25, 0.3) is 0 Å². The van der Waals surface area contributed by atoms with Gasteiger partial charge in [-0.25, -0.2) is 9.18 Å². The van der Waals surface area contributed by atoms with E-state index < -0.39 is 11.8 Å². The van der Waals surface area contributed by atoms with Crippen molar-refractivity contribution >= 4 is 28.7 Å². The molecule has 4 aromatic rings. The highest BCUT2D eigenvalue weighted by molar-refractivity contribution is 6.16. The van der Waals surface area contributed by atoms with Crippen LogP contribution in [0.1, 0.15) is 38.8 Å². The predicted molar refractivity (Wildman–Crippen MR) is 130 cm³/mol. The molecule has 176 valence electrons. The van der Waals surface area contributed by atoms with Gasteiger partial charge in [-0.05, 0) is 74.0 Å². The lowest BCUT2D eigenvalue weighted by atomic mass is 10.0. The second kappa shape index (κ2) is 8.76. The van der Waals surface area contributed by atoms with Crippen LogP contribution < -0.4 is 14.2 Å². The summed E-state index contributed by atoms with van der Waals surface area (Å²) in [6.45, 7) is 4.57. The SMILES string of the molecule is CCn1cc(/C=C2\Oc3cc(OC(=O)c4ccc(F)cc4)cc(C)c3C2=O)c2cc(OC)ccc21. The molecule has 0 saturated heterocycles. The number of aromatic nitrogens is 1. The lowest BCUT2D eigenvalue weighted by Crippen LogP contribution is -2.08. The highest BCUT2D eigenvalue weighted by Crippen LogP contribution is 2.38. The summed E-state index contributed by atoms with van der Waals surface area (Å²) in [5.41, 5.74) is 3.11. The van der Waals surface area contributed by atoms with Crippen molar-refractivity contribution in [2.24, 2.45) is 0 Å². The van der Waals surface area contributed by atoms with Gasteiger partial charge in [0.15, 0.2) is 5.76 Å². The van der Waals surface area contributed by atoms with Gasteiger partial charge in [-0.1, -0.05) is 0 Å². The van der Waals surface area contributed by atoms with E-state index in [-0.39, 0.29) is 22.9 Å². The first kappa shape index (κ1) is 22.4. The maximum absolute atomic E-state index is 13.2. The molecule has 0 unspecified atom stereocenters. The van der Waals surface area contributed by atoms with E-state index in [1.54, 1.807) is 26.2 Å². The summed E-state index contributed by atoms with van der Waals surface area (Å²) in [6, 6.07) is 14.0. The molecule has 7 heteroatoms. The molecular formula is C28H22FNO5. The number of ketones is 1. The van der Waals surface area contributed by atoms with Gasteiger partial charge in [0.1, 0.15) is 23.1 Å². The van der Waals surface area contributed by atoms with Crippen LogP contribution >= 0.6 is 0 Å². The third kappa shape index (κ3) is 4.05. The number of hydrogen-bond donors (Lipinski definition) is 0. The third-order valence-electron chi connectivity index (χ3n) is 5.98. The number of ether oxygens (including phenoxy) is 3. The number of fused-ring (bicyclic) bond motifs is 2. The number of hydrogen-bond acceptors (Lipinski definition) is 5. The van der Waals surface area contributed by atoms with Crippen LogP contribution in [-0.2, 0) is 6.54 Å². The molecule has 0 aliphatic carbocycles. The molecule has 0 amide bonds. The Morgan fingerprint density at radius 1 is 1.09 bits per heavy atom. The molecule has 35 heavy (non-hydrogen) atoms. The molecule has 0 N–H and O–H groups in total. The summed E-state index contributed by atoms with van der Waals surface area (Å²) in [5, 5.41) is 0.941. The number of Topliss-reactive ketones (excluding diaryl/α,β-unsaturated/α-hetero) is 1. The molecule has 5 rings (SSSR count). The van der Waals surface area contributed by atoms with E-state index in [4.69, 9.17) is 14.2 Å². The second-order valence-corrected chi connectivity index (χ2v) is 8.20. The normalized spacial score (nSPS) is 13.7. The topological polar surface area (TPSA) is 66.8 Å². The van der Waals surface area contributed by atoms with E-state index in [2.05, 4.69) is 4.57 Å². The molecule has 1 aliphatic heterocycles. The number of nitrogens with zero attached hydrogens (tertiary/aromatic N) is 1. The van der Waals surface area contributed by atoms with Crippen molar-refractivity contribution in [3.63, 3.8) is 0 Å². The fourth-order valence-corrected chi connectivity index (χ4v) is 4.24. The number of esters is 1. The molecule has 6 nitrogen and oxygen atoms in total. The van der Waals surface area contributed by atoms with Crippen molar-refractivity contribution in [1.29, 1.82) is 0 Å². The van der Waals surface area contributed by atoms with Gasteiger partial charge in [-0.3, -0.25) is 4.79 Å². The minimum absolute atomic E-state index is 0.183. The number of aryl methyl sites for hydroxylation is 2. The number of benzene rings is 3. The molecule has 0 saturated carbocycles. The Balaban J connectivity index is 1.47. The molecule has 0 spiro atoms. The van der Waals surface area contributed by atoms with Crippen molar-refractivity contribution in [1.82, 2.24) is 4.57 Å². The van der Waals surface area contributed by atoms with Crippen molar-refractivity contribution in [2.75, 3.05) is 7.11 Å². The second-order valence-electron chi connectivity index (χ2n) is 8.20. The third-order valence-corrected chi connectivity index (χ3v) is 5.98. The average Bonchev–Trinajstić information content (AvgIpc) is 3.36. The summed E-state index contributed by atoms with van der Waals surface area (Å²) in [4.78, 5) is 25.6. The van der Waals surface area contributed by atoms with Crippen molar-refractivity contribution in [2.45, 2.75) is 20.4 Å². The minimum Gasteiger partial charge on any atom is -0.497 e. The first-order valence-electron chi connectivity index (χ1n) is 11.1. The van der Waals surface area contributed by atoms with Gasteiger partial charge < -0.3 is 18.8 Å². The summed E-state index contributed by atoms with van der Waals surface area (Å²) < 4.78 is 32.0. The number of carbonyl (C=O) groups is 2. The Bertz CT molecular complexity index is 1510. The maximum atomic E-state index is 13.2. The Hall–Kier alpha value is -4.39. The first-order chi connectivity index (χ1) is 16.9. The van der Waals surface area contributed by atoms with Crippen molar-refractivity contribution in [3.05, 3.63) is 94.6 Å². The highest BCUT2D eigenvalue weighted by Gasteiger charge is 2.30. The smallest absolute Gasteiger partial charge is 0.343 e. The largest absolute Gasteiger partial charge is 0.497 e. The van der Waals surface area contributed by atoms with Crippen LogP contribution in [0.5, 0.6) is 17.2 Å². The summed E-state index contributed by atoms with van der Waals surface area (Å²) >= 11 is 0. The van der Waals surface area contributed by atoms with Gasteiger partial charge in [-0.2, -0.15) is 0 Å². The van der Waals surface area contributed by atoms with Gasteiger partial charge in [-0.15, -0.1) is 0 Å². The van der Waals surface area contributed by atoms with E-state index in [1.807, 2.05) is 31.3 Å². The maximum Gasteiger partial charge on any atom is 0.343 e. The quantitative estimate of drug-likeness (QED) is 0.204. The molecule has 0 bridgehead atoms. The molecule has 0 atom stereocenters. The highest BCUT2D eigenvalue weighted by atomic mass is 19.1. The fourth-order valence-electron chi connectivity index (χ4n) is 4.24. The van der Waals surface area contributed by atoms with Crippen LogP contribution in [0.25, 0.3) is 17.0 Å². The van der Waals surface area contributed by atoms with Gasteiger partial charge in [0.05, 0.1) is 18.2 Å². The Morgan fingerprint density at radius 2 is 1.86 bits per heavy atom. The van der Waals surface area contributed by atoms with Crippen LogP contribution in [0.2, 0.25) is 0 Å². The van der Waals surface area contributed by atoms with Gasteiger partial charge in [0, 0.05) is 35.3 Å². The lowest BCUT2D eigenvalue weighted by Gasteiger charge is -2.07. The van der Waals surface area contributed by atoms with Gasteiger partial charge >= 0.3 is 5.97 Å². The van der Waals surface area contributed by atoms with Crippen LogP contribution in [0.4, 0.5) is 4.39 Å². The van der Waals surface area contributed by atoms with Crippen molar-refractivity contribution < 1.29 is 28.2 Å². The fraction of sp³-hybridized carbons (Fsp3) is 0.143. The molecular weight excluding hydrogens is 449 g/mol. The van der Waals surface area contributed by atoms with E-state index >= 15 is 0 Å². The summed E-state index contributed by atoms with van der Waals surface area (Å²) in [7, 11) is 1.61. The number of rotatable bonds is 5. The zero-order valence-corrected chi connectivity index (χ0v) is 19.4. The standard InChI is InChI=1S/C28H22FNO5/c1-4-30-15-18(22-13-20(33-3)9-10-23(22)30)12-25-27(31)26-16(2)11-21(14-24(26)35-25)34-28(32)17-5-7-19(29)8-6-17/h5-15H,4H2,1-3H3/b25-12-. The van der Waals surface area contributed by atoms with Gasteiger partial charge in [0.2, 0.25) is 5.78 Å². The zero-order chi connectivity index (χ0) is 24.7. The summed E-state index contributed by atoms with van der Waals surface area (Å²) in [6.07, 6.45) is 3.69. The molecule has 1 aliphatic rings. The molecule has 1 aromatic heterocycles. The molecule has 3 aromatic carbocycles. The van der Waals surface area contributed by atoms with Crippen LogP contribution in [0, 0.1) is 12.7 Å². The monoisotopic (exact) mass is 471 g/mol. The minimum atomic E-state index is -0.634. The number of halogens is 1. The lowest BCUT2D eigenvalue weighted by molar-refractivity contribution is 0.0734. The number of carbonyl (C=O) groups excluding carboxylic acids is 2. The Labute approximate surface area is 201 Å². The molecule has 0 radical (unpaired) electrons. The number of methoxy groups -OCH3 is 1. The Morgan fingerprint density at radius 3 is 2.57 bits per heavy atom.